The average Bonchev–Trinajstić information content (AvgIpc) is 3.35. The molecule has 3 aromatic rings. The normalized spacial score (nSPS) is 17.3. The van der Waals surface area contributed by atoms with E-state index in [9.17, 15) is 0 Å². The number of pyridine rings is 1. The van der Waals surface area contributed by atoms with Crippen LogP contribution in [0.15, 0.2) is 47.5 Å². The predicted molar refractivity (Wildman–Crippen MR) is 106 cm³/mol. The summed E-state index contributed by atoms with van der Waals surface area (Å²) in [5.74, 6) is 1.51. The van der Waals surface area contributed by atoms with Crippen LogP contribution in [-0.2, 0) is 0 Å². The molecule has 0 saturated carbocycles. The highest BCUT2D eigenvalue weighted by molar-refractivity contribution is 5.81. The van der Waals surface area contributed by atoms with Crippen LogP contribution in [0.2, 0.25) is 0 Å². The van der Waals surface area contributed by atoms with Crippen LogP contribution in [-0.4, -0.2) is 45.5 Å². The Bertz CT molecular complexity index is 893. The van der Waals surface area contributed by atoms with E-state index in [1.807, 2.05) is 31.3 Å². The molecule has 1 N–H and O–H groups in total. The molecule has 1 saturated heterocycles. The molecular weight excluding hydrogens is 338 g/mol. The maximum Gasteiger partial charge on any atom is 0.223 e. The van der Waals surface area contributed by atoms with Crippen molar-refractivity contribution in [1.82, 2.24) is 19.9 Å². The molecule has 4 heterocycles. The number of likely N-dealkylation sites (N-methyl/N-ethyl adjacent to an activating group) is 1. The number of hydrogen-bond donors (Lipinski definition) is 1. The van der Waals surface area contributed by atoms with E-state index in [0.29, 0.717) is 12.0 Å². The van der Waals surface area contributed by atoms with E-state index < -0.39 is 0 Å². The molecule has 0 aromatic carbocycles. The molecule has 4 rings (SSSR count). The van der Waals surface area contributed by atoms with Crippen LogP contribution in [0, 0.1) is 6.92 Å². The van der Waals surface area contributed by atoms with Crippen LogP contribution in [0.25, 0.3) is 22.4 Å². The molecule has 6 heteroatoms. The summed E-state index contributed by atoms with van der Waals surface area (Å²) in [6.07, 6.45) is 9.65. The zero-order valence-electron chi connectivity index (χ0n) is 15.9. The van der Waals surface area contributed by atoms with E-state index in [-0.39, 0.29) is 0 Å². The van der Waals surface area contributed by atoms with Gasteiger partial charge in [0, 0.05) is 42.3 Å². The third-order valence-corrected chi connectivity index (χ3v) is 5.30. The zero-order chi connectivity index (χ0) is 18.6. The van der Waals surface area contributed by atoms with Crippen molar-refractivity contribution in [3.05, 3.63) is 48.8 Å². The van der Waals surface area contributed by atoms with E-state index in [1.165, 1.54) is 19.4 Å². The van der Waals surface area contributed by atoms with Crippen molar-refractivity contribution in [3.63, 3.8) is 0 Å². The van der Waals surface area contributed by atoms with Crippen molar-refractivity contribution in [2.24, 2.45) is 0 Å². The first-order valence-electron chi connectivity index (χ1n) is 9.56. The van der Waals surface area contributed by atoms with Crippen molar-refractivity contribution in [2.45, 2.75) is 32.7 Å². The summed E-state index contributed by atoms with van der Waals surface area (Å²) in [5.41, 5.74) is 3.88. The minimum absolute atomic E-state index is 0.553. The number of nitrogens with one attached hydrogen (secondary N) is 1. The van der Waals surface area contributed by atoms with Gasteiger partial charge < -0.3 is 9.73 Å². The lowest BCUT2D eigenvalue weighted by Crippen LogP contribution is -2.34. The Morgan fingerprint density at radius 2 is 2.07 bits per heavy atom. The van der Waals surface area contributed by atoms with Crippen molar-refractivity contribution >= 4 is 5.95 Å². The lowest BCUT2D eigenvalue weighted by atomic mass is 10.0. The first-order chi connectivity index (χ1) is 13.3. The molecule has 1 aliphatic heterocycles. The zero-order valence-corrected chi connectivity index (χ0v) is 15.9. The van der Waals surface area contributed by atoms with Gasteiger partial charge in [-0.25, -0.2) is 9.97 Å². The molecule has 0 radical (unpaired) electrons. The largest absolute Gasteiger partial charge is 0.469 e. The molecule has 0 aliphatic carbocycles. The summed E-state index contributed by atoms with van der Waals surface area (Å²) < 4.78 is 5.52. The van der Waals surface area contributed by atoms with Gasteiger partial charge in [-0.15, -0.1) is 0 Å². The number of aryl methyl sites for hydroxylation is 1. The van der Waals surface area contributed by atoms with Gasteiger partial charge in [-0.1, -0.05) is 6.92 Å². The first kappa shape index (κ1) is 17.7. The van der Waals surface area contributed by atoms with E-state index in [0.717, 1.165) is 41.2 Å². The fourth-order valence-electron chi connectivity index (χ4n) is 3.80. The number of rotatable bonds is 6. The van der Waals surface area contributed by atoms with Crippen LogP contribution in [0.3, 0.4) is 0 Å². The van der Waals surface area contributed by atoms with E-state index in [2.05, 4.69) is 27.1 Å². The molecule has 3 aromatic heterocycles. The number of aromatic nitrogens is 3. The van der Waals surface area contributed by atoms with Gasteiger partial charge in [0.25, 0.3) is 0 Å². The monoisotopic (exact) mass is 363 g/mol. The predicted octanol–water partition coefficient (Wildman–Crippen LogP) is 4.00. The van der Waals surface area contributed by atoms with Crippen molar-refractivity contribution < 1.29 is 4.42 Å². The fraction of sp³-hybridized carbons (Fsp3) is 0.381. The Kier molecular flexibility index (Phi) is 5.16. The number of likely N-dealkylation sites (tertiary alicyclic amines) is 1. The summed E-state index contributed by atoms with van der Waals surface area (Å²) in [7, 11) is 0. The van der Waals surface area contributed by atoms with Gasteiger partial charge in [0.05, 0.1) is 12.0 Å². The standard InChI is InChI=1S/C21H25N5O/c1-3-26-11-4-5-17(26)13-23-21-24-14-19(16-6-9-22-10-7-16)20(25-21)18-8-12-27-15(18)2/h6-10,12,14,17H,3-5,11,13H2,1-2H3,(H,23,24,25). The summed E-state index contributed by atoms with van der Waals surface area (Å²) in [6, 6.07) is 6.46. The summed E-state index contributed by atoms with van der Waals surface area (Å²) in [6.45, 7) is 7.32. The summed E-state index contributed by atoms with van der Waals surface area (Å²) in [5, 5.41) is 3.44. The molecule has 1 aliphatic rings. The quantitative estimate of drug-likeness (QED) is 0.714. The maximum absolute atomic E-state index is 5.52. The fourth-order valence-corrected chi connectivity index (χ4v) is 3.80. The molecule has 1 atom stereocenters. The molecule has 27 heavy (non-hydrogen) atoms. The highest BCUT2D eigenvalue weighted by Crippen LogP contribution is 2.33. The Labute approximate surface area is 159 Å². The van der Waals surface area contributed by atoms with Gasteiger partial charge in [-0.2, -0.15) is 0 Å². The average molecular weight is 363 g/mol. The van der Waals surface area contributed by atoms with E-state index in [4.69, 9.17) is 9.40 Å². The van der Waals surface area contributed by atoms with Crippen molar-refractivity contribution in [1.29, 1.82) is 0 Å². The first-order valence-corrected chi connectivity index (χ1v) is 9.56. The molecule has 1 fully saturated rings. The summed E-state index contributed by atoms with van der Waals surface area (Å²) in [4.78, 5) is 16.0. The second kappa shape index (κ2) is 7.88. The van der Waals surface area contributed by atoms with Crippen LogP contribution in [0.1, 0.15) is 25.5 Å². The highest BCUT2D eigenvalue weighted by Gasteiger charge is 2.23. The molecular formula is C21H25N5O. The molecule has 6 nitrogen and oxygen atoms in total. The minimum Gasteiger partial charge on any atom is -0.469 e. The smallest absolute Gasteiger partial charge is 0.223 e. The maximum atomic E-state index is 5.52. The second-order valence-corrected chi connectivity index (χ2v) is 6.89. The van der Waals surface area contributed by atoms with Gasteiger partial charge in [0.2, 0.25) is 5.95 Å². The molecule has 0 bridgehead atoms. The number of anilines is 1. The minimum atomic E-state index is 0.553. The number of furan rings is 1. The topological polar surface area (TPSA) is 67.1 Å². The molecule has 0 spiro atoms. The third-order valence-electron chi connectivity index (χ3n) is 5.30. The summed E-state index contributed by atoms with van der Waals surface area (Å²) >= 11 is 0. The Morgan fingerprint density at radius 3 is 2.81 bits per heavy atom. The number of nitrogens with zero attached hydrogens (tertiary/aromatic N) is 4. The van der Waals surface area contributed by atoms with Gasteiger partial charge in [-0.05, 0) is 56.6 Å². The Hall–Kier alpha value is -2.73. The van der Waals surface area contributed by atoms with Gasteiger partial charge >= 0.3 is 0 Å². The highest BCUT2D eigenvalue weighted by atomic mass is 16.3. The van der Waals surface area contributed by atoms with Gasteiger partial charge in [0.1, 0.15) is 5.76 Å². The molecule has 140 valence electrons. The van der Waals surface area contributed by atoms with Crippen LogP contribution < -0.4 is 5.32 Å². The SMILES string of the molecule is CCN1CCCC1CNc1ncc(-c2ccncc2)c(-c2ccoc2C)n1. The second-order valence-electron chi connectivity index (χ2n) is 6.89. The molecule has 1 unspecified atom stereocenters. The lowest BCUT2D eigenvalue weighted by Gasteiger charge is -2.23. The van der Waals surface area contributed by atoms with Crippen LogP contribution >= 0.6 is 0 Å². The van der Waals surface area contributed by atoms with Crippen molar-refractivity contribution in [2.75, 3.05) is 25.0 Å². The van der Waals surface area contributed by atoms with E-state index in [1.54, 1.807) is 18.7 Å². The molecule has 0 amide bonds. The third kappa shape index (κ3) is 3.71. The lowest BCUT2D eigenvalue weighted by molar-refractivity contribution is 0.277. The van der Waals surface area contributed by atoms with Gasteiger partial charge in [0.15, 0.2) is 0 Å². The van der Waals surface area contributed by atoms with Crippen molar-refractivity contribution in [3.8, 4) is 22.4 Å². The van der Waals surface area contributed by atoms with Crippen LogP contribution in [0.4, 0.5) is 5.95 Å². The van der Waals surface area contributed by atoms with Gasteiger partial charge in [-0.3, -0.25) is 9.88 Å². The Morgan fingerprint density at radius 1 is 1.22 bits per heavy atom. The van der Waals surface area contributed by atoms with Crippen LogP contribution in [0.5, 0.6) is 0 Å². The Balaban J connectivity index is 1.64. The number of hydrogen-bond acceptors (Lipinski definition) is 6. The van der Waals surface area contributed by atoms with E-state index >= 15 is 0 Å².